The summed E-state index contributed by atoms with van der Waals surface area (Å²) in [6.45, 7) is 2.12. The van der Waals surface area contributed by atoms with Crippen LogP contribution in [0.1, 0.15) is 16.6 Å². The van der Waals surface area contributed by atoms with E-state index in [0.29, 0.717) is 16.0 Å². The van der Waals surface area contributed by atoms with Gasteiger partial charge in [-0.3, -0.25) is 0 Å². The van der Waals surface area contributed by atoms with Gasteiger partial charge in [0.2, 0.25) is 0 Å². The van der Waals surface area contributed by atoms with Gasteiger partial charge in [-0.25, -0.2) is 4.79 Å². The van der Waals surface area contributed by atoms with Gasteiger partial charge in [0.15, 0.2) is 12.4 Å². The second-order valence-corrected chi connectivity index (χ2v) is 5.36. The van der Waals surface area contributed by atoms with Gasteiger partial charge in [0.25, 0.3) is 0 Å². The van der Waals surface area contributed by atoms with Crippen molar-refractivity contribution in [1.82, 2.24) is 0 Å². The fourth-order valence-corrected chi connectivity index (χ4v) is 3.16. The fraction of sp³-hybridized carbons (Fsp3) is 0.167. The highest BCUT2D eigenvalue weighted by atomic mass is 79.9. The number of halogens is 1. The Balaban J connectivity index is 2.34. The molecule has 0 aliphatic rings. The molecule has 0 unspecified atom stereocenters. The molecule has 2 aromatic rings. The first-order valence-electron chi connectivity index (χ1n) is 5.27. The van der Waals surface area contributed by atoms with E-state index in [9.17, 15) is 10.0 Å². The molecular formula is C12H10BrNO3S. The van der Waals surface area contributed by atoms with Gasteiger partial charge < -0.3 is 9.94 Å². The number of ether oxygens (including phenoxy) is 1. The van der Waals surface area contributed by atoms with Gasteiger partial charge in [-0.1, -0.05) is 0 Å². The minimum atomic E-state index is -0.338. The average molecular weight is 328 g/mol. The maximum absolute atomic E-state index is 11.7. The Morgan fingerprint density at radius 1 is 1.50 bits per heavy atom. The summed E-state index contributed by atoms with van der Waals surface area (Å²) in [5.74, 6) is -0.338. The molecule has 0 bridgehead atoms. The number of hydrogen-bond donors (Lipinski definition) is 0. The molecule has 2 aromatic heterocycles. The molecule has 18 heavy (non-hydrogen) atoms. The molecule has 0 aromatic carbocycles. The molecule has 94 valence electrons. The highest BCUT2D eigenvalue weighted by Crippen LogP contribution is 2.34. The third-order valence-corrected chi connectivity index (χ3v) is 4.29. The van der Waals surface area contributed by atoms with Gasteiger partial charge in [-0.2, -0.15) is 4.73 Å². The van der Waals surface area contributed by atoms with E-state index in [2.05, 4.69) is 15.9 Å². The molecule has 0 aliphatic heterocycles. The second-order valence-electron chi connectivity index (χ2n) is 3.45. The molecule has 0 saturated carbocycles. The molecule has 0 amide bonds. The average Bonchev–Trinajstić information content (AvgIpc) is 2.72. The molecule has 0 radical (unpaired) electrons. The Morgan fingerprint density at radius 3 is 2.78 bits per heavy atom. The van der Waals surface area contributed by atoms with E-state index >= 15 is 0 Å². The summed E-state index contributed by atoms with van der Waals surface area (Å²) in [7, 11) is 0. The van der Waals surface area contributed by atoms with E-state index in [1.165, 1.54) is 23.7 Å². The smallest absolute Gasteiger partial charge is 0.349 e. The molecule has 2 rings (SSSR count). The molecule has 2 heterocycles. The van der Waals surface area contributed by atoms with Crippen LogP contribution in [0.5, 0.6) is 0 Å². The minimum absolute atomic E-state index is 0.338. The monoisotopic (exact) mass is 327 g/mol. The predicted octanol–water partition coefficient (Wildman–Crippen LogP) is 2.99. The Labute approximate surface area is 117 Å². The van der Waals surface area contributed by atoms with Crippen molar-refractivity contribution in [3.8, 4) is 10.4 Å². The van der Waals surface area contributed by atoms with Crippen LogP contribution in [0.2, 0.25) is 0 Å². The summed E-state index contributed by atoms with van der Waals surface area (Å²) in [6.07, 6.45) is 2.85. The van der Waals surface area contributed by atoms with Crippen molar-refractivity contribution in [2.75, 3.05) is 6.61 Å². The molecule has 0 spiro atoms. The van der Waals surface area contributed by atoms with E-state index in [0.717, 1.165) is 15.2 Å². The third kappa shape index (κ3) is 2.70. The number of nitrogens with zero attached hydrogens (tertiary/aromatic N) is 1. The highest BCUT2D eigenvalue weighted by molar-refractivity contribution is 9.10. The van der Waals surface area contributed by atoms with Crippen LogP contribution in [0.15, 0.2) is 35.1 Å². The fourth-order valence-electron chi connectivity index (χ4n) is 1.42. The number of carbonyl (C=O) groups excluding carboxylic acids is 1. The summed E-state index contributed by atoms with van der Waals surface area (Å²) in [5.41, 5.74) is 0.892. The van der Waals surface area contributed by atoms with Gasteiger partial charge in [0.1, 0.15) is 4.88 Å². The van der Waals surface area contributed by atoms with Crippen LogP contribution in [0.4, 0.5) is 0 Å². The zero-order chi connectivity index (χ0) is 13.1. The first-order chi connectivity index (χ1) is 8.61. The Kier molecular flexibility index (Phi) is 3.98. The van der Waals surface area contributed by atoms with Crippen LogP contribution in [0.3, 0.4) is 0 Å². The van der Waals surface area contributed by atoms with Crippen LogP contribution >= 0.6 is 27.3 Å². The molecule has 0 fully saturated rings. The second kappa shape index (κ2) is 5.49. The Bertz CT molecular complexity index is 565. The van der Waals surface area contributed by atoms with E-state index in [-0.39, 0.29) is 5.97 Å². The van der Waals surface area contributed by atoms with Gasteiger partial charge in [0.05, 0.1) is 6.61 Å². The van der Waals surface area contributed by atoms with Crippen LogP contribution in [0, 0.1) is 5.21 Å². The van der Waals surface area contributed by atoms with Crippen LogP contribution in [0.25, 0.3) is 10.4 Å². The van der Waals surface area contributed by atoms with Crippen LogP contribution in [-0.2, 0) is 4.74 Å². The molecule has 0 atom stereocenters. The largest absolute Gasteiger partial charge is 0.619 e. The van der Waals surface area contributed by atoms with E-state index in [4.69, 9.17) is 4.74 Å². The van der Waals surface area contributed by atoms with Crippen molar-refractivity contribution in [2.24, 2.45) is 0 Å². The number of thiophene rings is 1. The first-order valence-corrected chi connectivity index (χ1v) is 6.88. The molecule has 4 nitrogen and oxygen atoms in total. The van der Waals surface area contributed by atoms with Crippen LogP contribution < -0.4 is 4.73 Å². The van der Waals surface area contributed by atoms with Gasteiger partial charge >= 0.3 is 5.97 Å². The van der Waals surface area contributed by atoms with E-state index < -0.39 is 0 Å². The zero-order valence-corrected chi connectivity index (χ0v) is 12.0. The number of aromatic nitrogens is 1. The quantitative estimate of drug-likeness (QED) is 0.494. The maximum atomic E-state index is 11.7. The highest BCUT2D eigenvalue weighted by Gasteiger charge is 2.16. The summed E-state index contributed by atoms with van der Waals surface area (Å²) < 4.78 is 6.39. The lowest BCUT2D eigenvalue weighted by atomic mass is 10.2. The molecule has 0 N–H and O–H groups in total. The van der Waals surface area contributed by atoms with Crippen molar-refractivity contribution in [3.05, 3.63) is 45.1 Å². The molecule has 0 saturated heterocycles. The topological polar surface area (TPSA) is 53.2 Å². The van der Waals surface area contributed by atoms with Gasteiger partial charge in [-0.05, 0) is 28.9 Å². The normalized spacial score (nSPS) is 10.3. The standard InChI is InChI=1S/C12H10BrNO3S/c1-2-17-12(15)11-9(13)7-10(18-11)8-3-5-14(16)6-4-8/h3-7H,2H2,1H3. The Morgan fingerprint density at radius 2 is 2.17 bits per heavy atom. The van der Waals surface area contributed by atoms with Crippen molar-refractivity contribution >= 4 is 33.2 Å². The first kappa shape index (κ1) is 13.0. The number of esters is 1. The van der Waals surface area contributed by atoms with Crippen molar-refractivity contribution in [1.29, 1.82) is 0 Å². The van der Waals surface area contributed by atoms with E-state index in [1.54, 1.807) is 19.1 Å². The lowest BCUT2D eigenvalue weighted by Gasteiger charge is -1.98. The summed E-state index contributed by atoms with van der Waals surface area (Å²) >= 11 is 4.68. The van der Waals surface area contributed by atoms with Crippen molar-refractivity contribution in [3.63, 3.8) is 0 Å². The number of carbonyl (C=O) groups is 1. The lowest BCUT2D eigenvalue weighted by Crippen LogP contribution is -2.23. The predicted molar refractivity (Wildman–Crippen MR) is 72.4 cm³/mol. The SMILES string of the molecule is CCOC(=O)c1sc(-c2cc[n+]([O-])cc2)cc1Br. The van der Waals surface area contributed by atoms with Crippen LogP contribution in [-0.4, -0.2) is 12.6 Å². The molecular weight excluding hydrogens is 318 g/mol. The molecule has 6 heteroatoms. The minimum Gasteiger partial charge on any atom is -0.619 e. The number of hydrogen-bond acceptors (Lipinski definition) is 4. The van der Waals surface area contributed by atoms with E-state index in [1.807, 2.05) is 6.07 Å². The summed E-state index contributed by atoms with van der Waals surface area (Å²) in [6, 6.07) is 5.27. The number of pyridine rings is 1. The third-order valence-electron chi connectivity index (χ3n) is 2.23. The number of rotatable bonds is 3. The van der Waals surface area contributed by atoms with Gasteiger partial charge in [-0.15, -0.1) is 11.3 Å². The lowest BCUT2D eigenvalue weighted by molar-refractivity contribution is -0.605. The summed E-state index contributed by atoms with van der Waals surface area (Å²) in [5, 5.41) is 11.0. The zero-order valence-electron chi connectivity index (χ0n) is 9.55. The summed E-state index contributed by atoms with van der Waals surface area (Å²) in [4.78, 5) is 13.1. The van der Waals surface area contributed by atoms with Crippen molar-refractivity contribution in [2.45, 2.75) is 6.92 Å². The Hall–Kier alpha value is -1.40. The maximum Gasteiger partial charge on any atom is 0.349 e. The molecule has 0 aliphatic carbocycles. The van der Waals surface area contributed by atoms with Crippen molar-refractivity contribution < 1.29 is 14.3 Å². The van der Waals surface area contributed by atoms with Gasteiger partial charge in [0, 0.05) is 27.0 Å².